The van der Waals surface area contributed by atoms with E-state index in [0.29, 0.717) is 55.6 Å². The predicted octanol–water partition coefficient (Wildman–Crippen LogP) is 4.36. The van der Waals surface area contributed by atoms with E-state index in [-0.39, 0.29) is 24.3 Å². The number of benzene rings is 2. The third-order valence-corrected chi connectivity index (χ3v) is 9.98. The summed E-state index contributed by atoms with van der Waals surface area (Å²) in [5.41, 5.74) is 2.51. The molecular weight excluding hydrogens is 552 g/mol. The maximum atomic E-state index is 14.2. The highest BCUT2D eigenvalue weighted by atomic mass is 19.1. The van der Waals surface area contributed by atoms with Crippen molar-refractivity contribution >= 4 is 29.2 Å². The largest absolute Gasteiger partial charge is 0.326 e. The molecule has 4 aliphatic rings. The topological polar surface area (TPSA) is 94.6 Å². The number of carbonyl (C=O) groups is 3. The molecule has 4 heterocycles. The molecule has 2 spiro atoms. The number of piperidine rings is 2. The van der Waals surface area contributed by atoms with E-state index in [1.807, 2.05) is 37.4 Å². The lowest BCUT2D eigenvalue weighted by Gasteiger charge is -2.49. The number of aromatic nitrogens is 1. The van der Waals surface area contributed by atoms with Gasteiger partial charge in [-0.1, -0.05) is 12.1 Å². The van der Waals surface area contributed by atoms with Crippen LogP contribution in [0.1, 0.15) is 54.0 Å². The first-order chi connectivity index (χ1) is 20.7. The number of nitrogens with zero attached hydrogens (tertiary/aromatic N) is 3. The summed E-state index contributed by atoms with van der Waals surface area (Å²) in [7, 11) is 2.02. The number of carbonyl (C=O) groups excluding carboxylic acids is 3. The fourth-order valence-corrected chi connectivity index (χ4v) is 7.63. The molecular formula is C33H33F2N5O3. The fourth-order valence-electron chi connectivity index (χ4n) is 7.63. The maximum Gasteiger partial charge on any atom is 0.244 e. The maximum absolute atomic E-state index is 14.2. The van der Waals surface area contributed by atoms with E-state index in [2.05, 4.69) is 20.5 Å². The minimum Gasteiger partial charge on any atom is -0.326 e. The van der Waals surface area contributed by atoms with Gasteiger partial charge in [0, 0.05) is 23.5 Å². The van der Waals surface area contributed by atoms with Gasteiger partial charge in [0.25, 0.3) is 0 Å². The van der Waals surface area contributed by atoms with Gasteiger partial charge in [0.1, 0.15) is 24.0 Å². The monoisotopic (exact) mass is 585 g/mol. The average molecular weight is 586 g/mol. The zero-order chi connectivity index (χ0) is 29.9. The number of amides is 3. The van der Waals surface area contributed by atoms with Gasteiger partial charge in [-0.3, -0.25) is 14.4 Å². The lowest BCUT2D eigenvalue weighted by Crippen LogP contribution is -2.55. The Morgan fingerprint density at radius 3 is 2.53 bits per heavy atom. The molecule has 2 atom stereocenters. The Hall–Kier alpha value is -4.18. The number of anilines is 2. The zero-order valence-corrected chi connectivity index (χ0v) is 24.0. The number of hydrogen-bond donors (Lipinski definition) is 2. The van der Waals surface area contributed by atoms with Crippen molar-refractivity contribution in [1.29, 1.82) is 0 Å². The summed E-state index contributed by atoms with van der Waals surface area (Å²) in [5, 5.41) is 5.85. The van der Waals surface area contributed by atoms with Gasteiger partial charge < -0.3 is 20.4 Å². The summed E-state index contributed by atoms with van der Waals surface area (Å²) in [6, 6.07) is 12.1. The van der Waals surface area contributed by atoms with Crippen molar-refractivity contribution in [3.05, 3.63) is 88.6 Å². The van der Waals surface area contributed by atoms with E-state index in [0.717, 1.165) is 35.8 Å². The lowest BCUT2D eigenvalue weighted by atomic mass is 9.69. The smallest absolute Gasteiger partial charge is 0.244 e. The molecule has 1 aliphatic carbocycles. The molecule has 10 heteroatoms. The number of halogens is 2. The second-order valence-corrected chi connectivity index (χ2v) is 12.6. The number of fused-ring (bicyclic) bond motifs is 3. The van der Waals surface area contributed by atoms with Crippen molar-refractivity contribution < 1.29 is 23.2 Å². The molecule has 2 N–H and O–H groups in total. The normalized spacial score (nSPS) is 24.3. The quantitative estimate of drug-likeness (QED) is 0.475. The molecule has 2 aromatic carbocycles. The van der Waals surface area contributed by atoms with Crippen molar-refractivity contribution in [2.75, 3.05) is 37.3 Å². The van der Waals surface area contributed by atoms with Crippen molar-refractivity contribution in [3.63, 3.8) is 0 Å². The van der Waals surface area contributed by atoms with E-state index < -0.39 is 28.5 Å². The van der Waals surface area contributed by atoms with Crippen LogP contribution in [-0.2, 0) is 32.6 Å². The van der Waals surface area contributed by atoms with Crippen LogP contribution in [0.15, 0.2) is 54.7 Å². The fraction of sp³-hybridized carbons (Fsp3) is 0.394. The Morgan fingerprint density at radius 1 is 1.02 bits per heavy atom. The van der Waals surface area contributed by atoms with Gasteiger partial charge in [-0.15, -0.1) is 0 Å². The average Bonchev–Trinajstić information content (AvgIpc) is 3.49. The van der Waals surface area contributed by atoms with E-state index in [4.69, 9.17) is 0 Å². The van der Waals surface area contributed by atoms with Gasteiger partial charge in [0.2, 0.25) is 17.7 Å². The first-order valence-electron chi connectivity index (χ1n) is 14.8. The molecule has 1 aromatic heterocycles. The van der Waals surface area contributed by atoms with Gasteiger partial charge >= 0.3 is 0 Å². The Bertz CT molecular complexity index is 1630. The van der Waals surface area contributed by atoms with Crippen LogP contribution >= 0.6 is 0 Å². The molecule has 43 heavy (non-hydrogen) atoms. The van der Waals surface area contributed by atoms with Crippen molar-refractivity contribution in [3.8, 4) is 0 Å². The molecule has 2 fully saturated rings. The molecule has 0 unspecified atom stereocenters. The highest BCUT2D eigenvalue weighted by Crippen LogP contribution is 2.48. The second-order valence-electron chi connectivity index (χ2n) is 12.6. The molecule has 3 amide bonds. The molecule has 2 saturated heterocycles. The van der Waals surface area contributed by atoms with Gasteiger partial charge in [-0.2, -0.15) is 0 Å². The first-order valence-corrected chi connectivity index (χ1v) is 14.8. The summed E-state index contributed by atoms with van der Waals surface area (Å²) in [6.45, 7) is 1.32. The van der Waals surface area contributed by atoms with E-state index in [1.54, 1.807) is 6.20 Å². The summed E-state index contributed by atoms with van der Waals surface area (Å²) >= 11 is 0. The molecule has 222 valence electrons. The first kappa shape index (κ1) is 27.6. The van der Waals surface area contributed by atoms with Crippen molar-refractivity contribution in [2.24, 2.45) is 5.41 Å². The van der Waals surface area contributed by atoms with Crippen LogP contribution in [0.2, 0.25) is 0 Å². The minimum atomic E-state index is -0.718. The van der Waals surface area contributed by atoms with Gasteiger partial charge in [-0.05, 0) is 106 Å². The number of nitrogens with one attached hydrogen (secondary N) is 2. The van der Waals surface area contributed by atoms with Crippen LogP contribution in [0.3, 0.4) is 0 Å². The zero-order valence-electron chi connectivity index (χ0n) is 24.0. The molecule has 0 radical (unpaired) electrons. The Morgan fingerprint density at radius 2 is 1.77 bits per heavy atom. The van der Waals surface area contributed by atoms with Crippen molar-refractivity contribution in [1.82, 2.24) is 14.8 Å². The molecule has 0 saturated carbocycles. The van der Waals surface area contributed by atoms with Gasteiger partial charge in [-0.25, -0.2) is 13.8 Å². The lowest BCUT2D eigenvalue weighted by molar-refractivity contribution is -0.155. The van der Waals surface area contributed by atoms with Gasteiger partial charge in [0.05, 0.1) is 16.9 Å². The summed E-state index contributed by atoms with van der Waals surface area (Å²) in [5.74, 6) is -1.43. The number of likely N-dealkylation sites (tertiary alicyclic amines) is 2. The summed E-state index contributed by atoms with van der Waals surface area (Å²) < 4.78 is 28.4. The van der Waals surface area contributed by atoms with Gasteiger partial charge in [0.15, 0.2) is 0 Å². The molecule has 8 nitrogen and oxygen atoms in total. The number of hydrogen-bond acceptors (Lipinski definition) is 5. The predicted molar refractivity (Wildman–Crippen MR) is 156 cm³/mol. The second kappa shape index (κ2) is 10.2. The minimum absolute atomic E-state index is 0.0748. The standard InChI is InChI=1S/C33H33F2N5O3/c1-39-11-8-32(9-12-39)7-6-27(21-13-23(34)16-24(35)14-21)40(31(32)43)19-28(41)37-25-5-4-20-17-33(18-22(20)15-25)26-3-2-10-36-29(26)38-30(33)42/h2-5,10,13-16,27H,6-9,11-12,17-19H2,1H3,(H,37,41)(H,36,38,42)/t27-,33+/m0/s1. The molecule has 7 rings (SSSR count). The van der Waals surface area contributed by atoms with E-state index in [1.165, 1.54) is 17.0 Å². The SMILES string of the molecule is CN1CCC2(CC[C@@H](c3cc(F)cc(F)c3)N(CC(=O)Nc3ccc4c(c3)C[C@@]3(C4)C(=O)Nc4ncccc43)C2=O)CC1. The Balaban J connectivity index is 1.12. The summed E-state index contributed by atoms with van der Waals surface area (Å²) in [4.78, 5) is 48.7. The van der Waals surface area contributed by atoms with Crippen LogP contribution in [0.4, 0.5) is 20.3 Å². The third-order valence-electron chi connectivity index (χ3n) is 9.98. The highest BCUT2D eigenvalue weighted by Gasteiger charge is 2.51. The summed E-state index contributed by atoms with van der Waals surface area (Å²) in [6.07, 6.45) is 5.19. The highest BCUT2D eigenvalue weighted by molar-refractivity contribution is 6.06. The van der Waals surface area contributed by atoms with Crippen LogP contribution in [0, 0.1) is 17.0 Å². The van der Waals surface area contributed by atoms with Crippen LogP contribution in [0.25, 0.3) is 0 Å². The van der Waals surface area contributed by atoms with Crippen LogP contribution < -0.4 is 10.6 Å². The molecule has 3 aliphatic heterocycles. The molecule has 3 aromatic rings. The number of rotatable bonds is 4. The molecule has 0 bridgehead atoms. The third kappa shape index (κ3) is 4.68. The van der Waals surface area contributed by atoms with E-state index >= 15 is 0 Å². The Labute approximate surface area is 248 Å². The van der Waals surface area contributed by atoms with E-state index in [9.17, 15) is 23.2 Å². The van der Waals surface area contributed by atoms with Crippen molar-refractivity contribution in [2.45, 2.75) is 50.0 Å². The number of pyridine rings is 1. The van der Waals surface area contributed by atoms with Crippen LogP contribution in [-0.4, -0.2) is 59.2 Å². The Kier molecular flexibility index (Phi) is 6.57. The van der Waals surface area contributed by atoms with Crippen LogP contribution in [0.5, 0.6) is 0 Å².